The van der Waals surface area contributed by atoms with Crippen molar-refractivity contribution in [3.05, 3.63) is 17.5 Å². The molecule has 1 amide bonds. The van der Waals surface area contributed by atoms with Crippen LogP contribution in [0.25, 0.3) is 0 Å². The van der Waals surface area contributed by atoms with E-state index in [-0.39, 0.29) is 5.91 Å². The van der Waals surface area contributed by atoms with E-state index in [1.54, 1.807) is 6.92 Å². The number of hydrogen-bond donors (Lipinski definition) is 2. The molecule has 0 unspecified atom stereocenters. The number of nitrogens with one attached hydrogen (secondary N) is 2. The summed E-state index contributed by atoms with van der Waals surface area (Å²) in [6.07, 6.45) is 3.72. The molecule has 5 nitrogen and oxygen atoms in total. The number of aryl methyl sites for hydroxylation is 1. The maximum Gasteiger partial charge on any atom is 0.256 e. The minimum atomic E-state index is -0.0858. The van der Waals surface area contributed by atoms with Crippen molar-refractivity contribution in [2.75, 3.05) is 19.6 Å². The van der Waals surface area contributed by atoms with Crippen molar-refractivity contribution in [2.45, 2.75) is 19.8 Å². The molecule has 2 heterocycles. The Balaban J connectivity index is 1.81. The van der Waals surface area contributed by atoms with E-state index < -0.39 is 0 Å². The highest BCUT2D eigenvalue weighted by molar-refractivity contribution is 5.94. The molecule has 1 fully saturated rings. The molecule has 1 aliphatic rings. The van der Waals surface area contributed by atoms with Gasteiger partial charge in [-0.05, 0) is 38.8 Å². The predicted molar refractivity (Wildman–Crippen MR) is 59.2 cm³/mol. The summed E-state index contributed by atoms with van der Waals surface area (Å²) in [4.78, 5) is 11.7. The average molecular weight is 223 g/mol. The molecule has 0 radical (unpaired) electrons. The second kappa shape index (κ2) is 5.12. The summed E-state index contributed by atoms with van der Waals surface area (Å²) in [6.45, 7) is 4.58. The van der Waals surface area contributed by atoms with Crippen LogP contribution in [0.5, 0.6) is 0 Å². The van der Waals surface area contributed by atoms with Gasteiger partial charge in [-0.15, -0.1) is 0 Å². The van der Waals surface area contributed by atoms with Gasteiger partial charge in [0.15, 0.2) is 0 Å². The third kappa shape index (κ3) is 2.61. The van der Waals surface area contributed by atoms with Crippen LogP contribution in [0.2, 0.25) is 0 Å². The van der Waals surface area contributed by atoms with Crippen LogP contribution in [0.4, 0.5) is 0 Å². The zero-order chi connectivity index (χ0) is 11.4. The summed E-state index contributed by atoms with van der Waals surface area (Å²) in [5.41, 5.74) is 0.536. The average Bonchev–Trinajstić information content (AvgIpc) is 2.74. The zero-order valence-electron chi connectivity index (χ0n) is 9.45. The number of piperidine rings is 1. The van der Waals surface area contributed by atoms with Gasteiger partial charge in [0, 0.05) is 6.54 Å². The van der Waals surface area contributed by atoms with Crippen LogP contribution in [0.1, 0.15) is 29.0 Å². The van der Waals surface area contributed by atoms with E-state index >= 15 is 0 Å². The predicted octanol–water partition coefficient (Wildman–Crippen LogP) is 0.712. The smallest absolute Gasteiger partial charge is 0.256 e. The topological polar surface area (TPSA) is 67.2 Å². The molecule has 1 aromatic rings. The molecule has 0 atom stereocenters. The van der Waals surface area contributed by atoms with Crippen LogP contribution >= 0.6 is 0 Å². The summed E-state index contributed by atoms with van der Waals surface area (Å²) >= 11 is 0. The van der Waals surface area contributed by atoms with Gasteiger partial charge < -0.3 is 15.2 Å². The van der Waals surface area contributed by atoms with Crippen LogP contribution < -0.4 is 10.6 Å². The molecule has 2 N–H and O–H groups in total. The van der Waals surface area contributed by atoms with Crippen LogP contribution in [0.3, 0.4) is 0 Å². The van der Waals surface area contributed by atoms with E-state index in [9.17, 15) is 4.79 Å². The summed E-state index contributed by atoms with van der Waals surface area (Å²) in [5.74, 6) is 1.07. The van der Waals surface area contributed by atoms with Crippen LogP contribution in [0, 0.1) is 12.8 Å². The molecule has 0 aliphatic carbocycles. The summed E-state index contributed by atoms with van der Waals surface area (Å²) in [5, 5.41) is 9.82. The largest absolute Gasteiger partial charge is 0.361 e. The quantitative estimate of drug-likeness (QED) is 0.792. The number of amides is 1. The third-order valence-corrected chi connectivity index (χ3v) is 3.01. The number of carbonyl (C=O) groups is 1. The molecule has 2 rings (SSSR count). The van der Waals surface area contributed by atoms with Crippen molar-refractivity contribution in [1.29, 1.82) is 0 Å². The lowest BCUT2D eigenvalue weighted by Crippen LogP contribution is -2.36. The van der Waals surface area contributed by atoms with Crippen molar-refractivity contribution >= 4 is 5.91 Å². The Morgan fingerprint density at radius 3 is 3.00 bits per heavy atom. The van der Waals surface area contributed by atoms with Gasteiger partial charge in [-0.1, -0.05) is 5.16 Å². The fourth-order valence-electron chi connectivity index (χ4n) is 1.93. The number of carbonyl (C=O) groups excluding carboxylic acids is 1. The van der Waals surface area contributed by atoms with Crippen molar-refractivity contribution in [3.63, 3.8) is 0 Å². The highest BCUT2D eigenvalue weighted by Crippen LogP contribution is 2.11. The van der Waals surface area contributed by atoms with Crippen LogP contribution in [0.15, 0.2) is 10.7 Å². The zero-order valence-corrected chi connectivity index (χ0v) is 9.45. The highest BCUT2D eigenvalue weighted by Gasteiger charge is 2.16. The minimum Gasteiger partial charge on any atom is -0.361 e. The second-order valence-electron chi connectivity index (χ2n) is 4.20. The van der Waals surface area contributed by atoms with Gasteiger partial charge in [-0.25, -0.2) is 0 Å². The van der Waals surface area contributed by atoms with E-state index in [1.165, 1.54) is 6.20 Å². The summed E-state index contributed by atoms with van der Waals surface area (Å²) in [6, 6.07) is 0. The van der Waals surface area contributed by atoms with E-state index in [1.807, 2.05) is 0 Å². The van der Waals surface area contributed by atoms with Crippen molar-refractivity contribution in [1.82, 2.24) is 15.8 Å². The van der Waals surface area contributed by atoms with E-state index in [0.717, 1.165) is 32.5 Å². The number of rotatable bonds is 3. The Hall–Kier alpha value is -1.36. The maximum absolute atomic E-state index is 11.7. The molecule has 1 saturated heterocycles. The molecule has 0 saturated carbocycles. The Kier molecular flexibility index (Phi) is 3.56. The number of aromatic nitrogens is 1. The molecule has 16 heavy (non-hydrogen) atoms. The fourth-order valence-corrected chi connectivity index (χ4v) is 1.93. The Morgan fingerprint density at radius 1 is 1.62 bits per heavy atom. The molecule has 88 valence electrons. The lowest BCUT2D eigenvalue weighted by Gasteiger charge is -2.22. The molecule has 1 aromatic heterocycles. The Morgan fingerprint density at radius 2 is 2.38 bits per heavy atom. The fraction of sp³-hybridized carbons (Fsp3) is 0.636. The SMILES string of the molecule is Cc1oncc1C(=O)NCC1CCNCC1. The van der Waals surface area contributed by atoms with Crippen LogP contribution in [-0.2, 0) is 0 Å². The minimum absolute atomic E-state index is 0.0858. The molecule has 0 aromatic carbocycles. The van der Waals surface area contributed by atoms with Gasteiger partial charge in [-0.2, -0.15) is 0 Å². The maximum atomic E-state index is 11.7. The molecule has 0 spiro atoms. The van der Waals surface area contributed by atoms with Gasteiger partial charge in [0.2, 0.25) is 0 Å². The molecular formula is C11H17N3O2. The van der Waals surface area contributed by atoms with E-state index in [0.29, 0.717) is 17.2 Å². The summed E-state index contributed by atoms with van der Waals surface area (Å²) < 4.78 is 4.86. The highest BCUT2D eigenvalue weighted by atomic mass is 16.5. The van der Waals surface area contributed by atoms with Crippen LogP contribution in [-0.4, -0.2) is 30.7 Å². The van der Waals surface area contributed by atoms with Crippen molar-refractivity contribution < 1.29 is 9.32 Å². The third-order valence-electron chi connectivity index (χ3n) is 3.01. The second-order valence-corrected chi connectivity index (χ2v) is 4.20. The van der Waals surface area contributed by atoms with Gasteiger partial charge in [0.05, 0.1) is 6.20 Å². The first-order chi connectivity index (χ1) is 7.77. The molecule has 0 bridgehead atoms. The molecular weight excluding hydrogens is 206 g/mol. The van der Waals surface area contributed by atoms with Gasteiger partial charge in [0.1, 0.15) is 11.3 Å². The Labute approximate surface area is 94.6 Å². The monoisotopic (exact) mass is 223 g/mol. The number of hydrogen-bond acceptors (Lipinski definition) is 4. The standard InChI is InChI=1S/C11H17N3O2/c1-8-10(7-14-16-8)11(15)13-6-9-2-4-12-5-3-9/h7,9,12H,2-6H2,1H3,(H,13,15). The van der Waals surface area contributed by atoms with E-state index in [2.05, 4.69) is 15.8 Å². The van der Waals surface area contributed by atoms with Gasteiger partial charge in [-0.3, -0.25) is 4.79 Å². The van der Waals surface area contributed by atoms with Crippen molar-refractivity contribution in [3.8, 4) is 0 Å². The molecule has 5 heteroatoms. The first-order valence-corrected chi connectivity index (χ1v) is 5.67. The summed E-state index contributed by atoms with van der Waals surface area (Å²) in [7, 11) is 0. The van der Waals surface area contributed by atoms with Gasteiger partial charge >= 0.3 is 0 Å². The first kappa shape index (κ1) is 11.1. The lowest BCUT2D eigenvalue weighted by atomic mass is 9.98. The number of nitrogens with zero attached hydrogens (tertiary/aromatic N) is 1. The van der Waals surface area contributed by atoms with Crippen molar-refractivity contribution in [2.24, 2.45) is 5.92 Å². The van der Waals surface area contributed by atoms with E-state index in [4.69, 9.17) is 4.52 Å². The lowest BCUT2D eigenvalue weighted by molar-refractivity contribution is 0.0942. The Bertz CT molecular complexity index is 356. The van der Waals surface area contributed by atoms with Gasteiger partial charge in [0.25, 0.3) is 5.91 Å². The molecule has 1 aliphatic heterocycles. The first-order valence-electron chi connectivity index (χ1n) is 5.67. The normalized spacial score (nSPS) is 17.3.